The van der Waals surface area contributed by atoms with Crippen molar-refractivity contribution in [1.82, 2.24) is 0 Å². The molecule has 0 fully saturated rings. The summed E-state index contributed by atoms with van der Waals surface area (Å²) in [6.45, 7) is 3.16. The Morgan fingerprint density at radius 2 is 1.90 bits per heavy atom. The molecular weight excluding hydrogens is 302 g/mol. The maximum atomic E-state index is 13.6. The van der Waals surface area contributed by atoms with E-state index in [-0.39, 0.29) is 5.02 Å². The highest BCUT2D eigenvalue weighted by atomic mass is 35.5. The number of hydrogen-bond donors (Lipinski definition) is 1. The zero-order chi connectivity index (χ0) is 14.9. The Hall–Kier alpha value is -1.29. The molecule has 0 aliphatic carbocycles. The second-order valence-electron chi connectivity index (χ2n) is 4.47. The molecule has 0 saturated carbocycles. The summed E-state index contributed by atoms with van der Waals surface area (Å²) in [5, 5.41) is 10.3. The van der Waals surface area contributed by atoms with Crippen molar-refractivity contribution >= 4 is 23.2 Å². The van der Waals surface area contributed by atoms with Gasteiger partial charge in [0.05, 0.1) is 11.1 Å². The first-order valence-corrected chi connectivity index (χ1v) is 6.75. The van der Waals surface area contributed by atoms with Crippen LogP contribution in [0.2, 0.25) is 10.0 Å². The minimum absolute atomic E-state index is 0.271. The van der Waals surface area contributed by atoms with Gasteiger partial charge in [0.1, 0.15) is 22.3 Å². The molecule has 20 heavy (non-hydrogen) atoms. The molecule has 0 heterocycles. The van der Waals surface area contributed by atoms with Crippen molar-refractivity contribution in [3.63, 3.8) is 0 Å². The molecule has 0 radical (unpaired) electrons. The molecule has 0 aliphatic rings. The number of aliphatic hydroxyl groups excluding tert-OH is 1. The topological polar surface area (TPSA) is 29.5 Å². The van der Waals surface area contributed by atoms with Gasteiger partial charge in [-0.1, -0.05) is 29.3 Å². The standard InChI is InChI=1S/C15H13Cl2FO2/c1-8-6-14(10(9(2)19)7-12(8)18)20-13-5-3-4-11(16)15(13)17/h3-7,9,19H,1-2H3/t9-/m0/s1. The smallest absolute Gasteiger partial charge is 0.147 e. The predicted octanol–water partition coefficient (Wildman–Crippen LogP) is 5.29. The summed E-state index contributed by atoms with van der Waals surface area (Å²) < 4.78 is 19.3. The molecular formula is C15H13Cl2FO2. The number of benzene rings is 2. The van der Waals surface area contributed by atoms with Crippen molar-refractivity contribution in [1.29, 1.82) is 0 Å². The van der Waals surface area contributed by atoms with Gasteiger partial charge in [-0.2, -0.15) is 0 Å². The van der Waals surface area contributed by atoms with Gasteiger partial charge in [0, 0.05) is 5.56 Å². The van der Waals surface area contributed by atoms with Crippen LogP contribution in [0.5, 0.6) is 11.5 Å². The molecule has 2 rings (SSSR count). The number of rotatable bonds is 3. The molecule has 1 atom stereocenters. The van der Waals surface area contributed by atoms with Gasteiger partial charge < -0.3 is 9.84 Å². The minimum atomic E-state index is -0.863. The first-order chi connectivity index (χ1) is 9.40. The van der Waals surface area contributed by atoms with Gasteiger partial charge in [-0.3, -0.25) is 0 Å². The van der Waals surface area contributed by atoms with Crippen LogP contribution in [0.1, 0.15) is 24.2 Å². The van der Waals surface area contributed by atoms with Gasteiger partial charge in [0.2, 0.25) is 0 Å². The van der Waals surface area contributed by atoms with Crippen LogP contribution in [0, 0.1) is 12.7 Å². The summed E-state index contributed by atoms with van der Waals surface area (Å²) in [5.41, 5.74) is 0.770. The highest BCUT2D eigenvalue weighted by Crippen LogP contribution is 2.37. The fraction of sp³-hybridized carbons (Fsp3) is 0.200. The Kier molecular flexibility index (Phi) is 4.53. The van der Waals surface area contributed by atoms with E-state index in [4.69, 9.17) is 27.9 Å². The van der Waals surface area contributed by atoms with Crippen LogP contribution >= 0.6 is 23.2 Å². The van der Waals surface area contributed by atoms with Crippen molar-refractivity contribution in [2.45, 2.75) is 20.0 Å². The summed E-state index contributed by atoms with van der Waals surface area (Å²) in [6.07, 6.45) is -0.863. The lowest BCUT2D eigenvalue weighted by Crippen LogP contribution is -1.99. The highest BCUT2D eigenvalue weighted by molar-refractivity contribution is 6.42. The van der Waals surface area contributed by atoms with Gasteiger partial charge in [0.25, 0.3) is 0 Å². The molecule has 2 aromatic carbocycles. The van der Waals surface area contributed by atoms with Crippen molar-refractivity contribution in [2.24, 2.45) is 0 Å². The maximum Gasteiger partial charge on any atom is 0.147 e. The second-order valence-corrected chi connectivity index (χ2v) is 5.25. The lowest BCUT2D eigenvalue weighted by atomic mass is 10.1. The van der Waals surface area contributed by atoms with Gasteiger partial charge in [0.15, 0.2) is 0 Å². The fourth-order valence-corrected chi connectivity index (χ4v) is 2.10. The molecule has 2 aromatic rings. The predicted molar refractivity (Wildman–Crippen MR) is 78.3 cm³/mol. The normalized spacial score (nSPS) is 12.3. The van der Waals surface area contributed by atoms with Crippen LogP contribution in [0.3, 0.4) is 0 Å². The molecule has 0 spiro atoms. The lowest BCUT2D eigenvalue weighted by molar-refractivity contribution is 0.195. The Bertz CT molecular complexity index is 642. The molecule has 0 aromatic heterocycles. The zero-order valence-electron chi connectivity index (χ0n) is 11.0. The molecule has 0 saturated heterocycles. The number of halogens is 3. The third-order valence-corrected chi connectivity index (χ3v) is 3.68. The van der Waals surface area contributed by atoms with Crippen molar-refractivity contribution < 1.29 is 14.2 Å². The third kappa shape index (κ3) is 3.06. The third-order valence-electron chi connectivity index (χ3n) is 2.88. The molecule has 2 nitrogen and oxygen atoms in total. The quantitative estimate of drug-likeness (QED) is 0.834. The van der Waals surface area contributed by atoms with Gasteiger partial charge in [-0.05, 0) is 43.7 Å². The van der Waals surface area contributed by atoms with E-state index < -0.39 is 11.9 Å². The number of hydrogen-bond acceptors (Lipinski definition) is 2. The Morgan fingerprint density at radius 1 is 1.20 bits per heavy atom. The van der Waals surface area contributed by atoms with E-state index >= 15 is 0 Å². The van der Waals surface area contributed by atoms with Crippen LogP contribution in [-0.4, -0.2) is 5.11 Å². The van der Waals surface area contributed by atoms with Gasteiger partial charge in [-0.15, -0.1) is 0 Å². The zero-order valence-corrected chi connectivity index (χ0v) is 12.5. The monoisotopic (exact) mass is 314 g/mol. The summed E-state index contributed by atoms with van der Waals surface area (Å²) in [5.74, 6) is 0.306. The molecule has 5 heteroatoms. The molecule has 0 amide bonds. The SMILES string of the molecule is Cc1cc(Oc2cccc(Cl)c2Cl)c([C@H](C)O)cc1F. The first kappa shape index (κ1) is 15.1. The van der Waals surface area contributed by atoms with Crippen LogP contribution in [0.15, 0.2) is 30.3 Å². The summed E-state index contributed by atoms with van der Waals surface area (Å²) in [6, 6.07) is 7.77. The summed E-state index contributed by atoms with van der Waals surface area (Å²) in [7, 11) is 0. The van der Waals surface area contributed by atoms with Crippen molar-refractivity contribution in [3.05, 3.63) is 57.3 Å². The van der Waals surface area contributed by atoms with E-state index in [0.717, 1.165) is 0 Å². The van der Waals surface area contributed by atoms with Crippen LogP contribution in [0.25, 0.3) is 0 Å². The van der Waals surface area contributed by atoms with E-state index in [1.807, 2.05) is 0 Å². The largest absolute Gasteiger partial charge is 0.455 e. The number of ether oxygens (including phenoxy) is 1. The highest BCUT2D eigenvalue weighted by Gasteiger charge is 2.15. The van der Waals surface area contributed by atoms with Gasteiger partial charge >= 0.3 is 0 Å². The maximum absolute atomic E-state index is 13.6. The fourth-order valence-electron chi connectivity index (χ4n) is 1.77. The van der Waals surface area contributed by atoms with E-state index in [1.54, 1.807) is 25.1 Å². The van der Waals surface area contributed by atoms with Crippen molar-refractivity contribution in [2.75, 3.05) is 0 Å². The summed E-state index contributed by atoms with van der Waals surface area (Å²) in [4.78, 5) is 0. The van der Waals surface area contributed by atoms with E-state index in [0.29, 0.717) is 27.6 Å². The lowest BCUT2D eigenvalue weighted by Gasteiger charge is -2.15. The average molecular weight is 315 g/mol. The molecule has 106 valence electrons. The van der Waals surface area contributed by atoms with Crippen LogP contribution < -0.4 is 4.74 Å². The molecule has 0 aliphatic heterocycles. The van der Waals surface area contributed by atoms with Crippen molar-refractivity contribution in [3.8, 4) is 11.5 Å². The first-order valence-electron chi connectivity index (χ1n) is 6.00. The van der Waals surface area contributed by atoms with Gasteiger partial charge in [-0.25, -0.2) is 4.39 Å². The van der Waals surface area contributed by atoms with E-state index in [2.05, 4.69) is 0 Å². The second kappa shape index (κ2) is 6.00. The Labute approximate surface area is 126 Å². The van der Waals surface area contributed by atoms with Crippen LogP contribution in [-0.2, 0) is 0 Å². The summed E-state index contributed by atoms with van der Waals surface area (Å²) >= 11 is 12.0. The minimum Gasteiger partial charge on any atom is -0.455 e. The number of aliphatic hydroxyl groups is 1. The Morgan fingerprint density at radius 3 is 2.55 bits per heavy atom. The molecule has 0 unspecified atom stereocenters. The van der Waals surface area contributed by atoms with Crippen LogP contribution in [0.4, 0.5) is 4.39 Å². The number of aryl methyl sites for hydroxylation is 1. The Balaban J connectivity index is 2.47. The average Bonchev–Trinajstić information content (AvgIpc) is 2.38. The molecule has 0 bridgehead atoms. The molecule has 1 N–H and O–H groups in total. The van der Waals surface area contributed by atoms with E-state index in [9.17, 15) is 9.50 Å². The van der Waals surface area contributed by atoms with E-state index in [1.165, 1.54) is 19.1 Å².